The Balaban J connectivity index is 0.000000557. The fourth-order valence-electron chi connectivity index (χ4n) is 0.769. The zero-order valence-corrected chi connectivity index (χ0v) is 8.47. The SMILES string of the molecule is NC(N)=[NH2+].O=C([O-])c1cc(=O)cc(C(=O)O)[nH]1. The first kappa shape index (κ1) is 14.2. The molecule has 92 valence electrons. The molecule has 0 saturated carbocycles. The number of carboxylic acid groups (broad SMARTS) is 2. The van der Waals surface area contributed by atoms with Crippen molar-refractivity contribution in [1.82, 2.24) is 4.98 Å². The maximum atomic E-state index is 10.7. The van der Waals surface area contributed by atoms with Gasteiger partial charge in [-0.05, 0) is 0 Å². The molecule has 0 saturated heterocycles. The maximum Gasteiger partial charge on any atom is 0.352 e. The number of hydrogen-bond donors (Lipinski definition) is 5. The highest BCUT2D eigenvalue weighted by Crippen LogP contribution is 1.93. The highest BCUT2D eigenvalue weighted by molar-refractivity contribution is 5.88. The Morgan fingerprint density at radius 3 is 2.06 bits per heavy atom. The van der Waals surface area contributed by atoms with Crippen molar-refractivity contribution in [2.75, 3.05) is 0 Å². The van der Waals surface area contributed by atoms with Crippen molar-refractivity contribution in [2.45, 2.75) is 0 Å². The van der Waals surface area contributed by atoms with Gasteiger partial charge in [-0.2, -0.15) is 0 Å². The van der Waals surface area contributed by atoms with Crippen LogP contribution >= 0.6 is 0 Å². The van der Waals surface area contributed by atoms with Gasteiger partial charge in [0.2, 0.25) is 0 Å². The van der Waals surface area contributed by atoms with Crippen molar-refractivity contribution in [1.29, 1.82) is 0 Å². The Bertz CT molecular complexity index is 468. The molecule has 1 aromatic heterocycles. The first-order chi connectivity index (χ1) is 7.73. The summed E-state index contributed by atoms with van der Waals surface area (Å²) in [6, 6.07) is 1.54. The van der Waals surface area contributed by atoms with Crippen molar-refractivity contribution in [3.8, 4) is 0 Å². The Morgan fingerprint density at radius 2 is 1.71 bits per heavy atom. The Morgan fingerprint density at radius 1 is 1.29 bits per heavy atom. The molecular formula is C8H10N4O5. The predicted molar refractivity (Wildman–Crippen MR) is 53.7 cm³/mol. The fraction of sp³-hybridized carbons (Fsp3) is 0. The van der Waals surface area contributed by atoms with Crippen LogP contribution in [-0.2, 0) is 0 Å². The molecular weight excluding hydrogens is 232 g/mol. The Kier molecular flexibility index (Phi) is 4.91. The lowest BCUT2D eigenvalue weighted by Gasteiger charge is -2.02. The molecule has 1 aromatic rings. The molecule has 0 aliphatic carbocycles. The van der Waals surface area contributed by atoms with Gasteiger partial charge < -0.3 is 20.0 Å². The van der Waals surface area contributed by atoms with Crippen molar-refractivity contribution < 1.29 is 25.2 Å². The second-order valence-electron chi connectivity index (χ2n) is 2.74. The average Bonchev–Trinajstić information content (AvgIpc) is 2.15. The molecule has 9 heteroatoms. The summed E-state index contributed by atoms with van der Waals surface area (Å²) in [5.74, 6) is -3.11. The van der Waals surface area contributed by atoms with E-state index in [0.29, 0.717) is 0 Å². The van der Waals surface area contributed by atoms with Crippen LogP contribution in [-0.4, -0.2) is 28.0 Å². The van der Waals surface area contributed by atoms with Crippen LogP contribution in [0.4, 0.5) is 0 Å². The van der Waals surface area contributed by atoms with Crippen LogP contribution in [0.2, 0.25) is 0 Å². The number of carbonyl (C=O) groups is 2. The Hall–Kier alpha value is -2.84. The van der Waals surface area contributed by atoms with Crippen molar-refractivity contribution in [3.63, 3.8) is 0 Å². The number of pyridine rings is 1. The molecule has 0 radical (unpaired) electrons. The number of carboxylic acids is 2. The second kappa shape index (κ2) is 5.90. The zero-order valence-electron chi connectivity index (χ0n) is 8.47. The molecule has 0 fully saturated rings. The van der Waals surface area contributed by atoms with E-state index >= 15 is 0 Å². The third kappa shape index (κ3) is 5.57. The molecule has 8 N–H and O–H groups in total. The maximum absolute atomic E-state index is 10.7. The number of hydrogen-bond acceptors (Lipinski definition) is 4. The molecule has 9 nitrogen and oxygen atoms in total. The average molecular weight is 242 g/mol. The lowest BCUT2D eigenvalue weighted by atomic mass is 10.3. The molecule has 0 spiro atoms. The van der Waals surface area contributed by atoms with Gasteiger partial charge in [0.15, 0.2) is 5.43 Å². The van der Waals surface area contributed by atoms with Crippen LogP contribution in [0.3, 0.4) is 0 Å². The number of rotatable bonds is 2. The van der Waals surface area contributed by atoms with E-state index in [1.807, 2.05) is 4.98 Å². The third-order valence-corrected chi connectivity index (χ3v) is 1.29. The van der Waals surface area contributed by atoms with Gasteiger partial charge in [0.1, 0.15) is 5.69 Å². The van der Waals surface area contributed by atoms with E-state index in [1.54, 1.807) is 0 Å². The van der Waals surface area contributed by atoms with E-state index < -0.39 is 28.8 Å². The molecule has 1 rings (SSSR count). The molecule has 0 aliphatic heterocycles. The number of aromatic carboxylic acids is 2. The zero-order chi connectivity index (χ0) is 13.6. The number of H-pyrrole nitrogens is 1. The third-order valence-electron chi connectivity index (χ3n) is 1.29. The minimum absolute atomic E-state index is 0.0833. The van der Waals surface area contributed by atoms with E-state index in [4.69, 9.17) is 5.11 Å². The number of aromatic nitrogens is 1. The van der Waals surface area contributed by atoms with E-state index in [2.05, 4.69) is 16.9 Å². The van der Waals surface area contributed by atoms with Gasteiger partial charge in [0.05, 0.1) is 11.7 Å². The smallest absolute Gasteiger partial charge is 0.352 e. The molecule has 0 unspecified atom stereocenters. The highest BCUT2D eigenvalue weighted by Gasteiger charge is 2.05. The molecule has 0 aromatic carbocycles. The number of nitrogens with two attached hydrogens (primary N) is 3. The first-order valence-electron chi connectivity index (χ1n) is 4.06. The van der Waals surface area contributed by atoms with E-state index in [0.717, 1.165) is 12.1 Å². The van der Waals surface area contributed by atoms with Gasteiger partial charge in [-0.1, -0.05) is 0 Å². The molecule has 17 heavy (non-hydrogen) atoms. The van der Waals surface area contributed by atoms with Crippen molar-refractivity contribution >= 4 is 17.9 Å². The van der Waals surface area contributed by atoms with Gasteiger partial charge in [0, 0.05) is 12.1 Å². The second-order valence-corrected chi connectivity index (χ2v) is 2.74. The van der Waals surface area contributed by atoms with E-state index in [1.165, 1.54) is 0 Å². The monoisotopic (exact) mass is 242 g/mol. The summed E-state index contributed by atoms with van der Waals surface area (Å²) in [4.78, 5) is 33.4. The predicted octanol–water partition coefficient (Wildman–Crippen LogP) is -4.54. The summed E-state index contributed by atoms with van der Waals surface area (Å²) in [6.07, 6.45) is 0. The highest BCUT2D eigenvalue weighted by atomic mass is 16.4. The molecule has 0 atom stereocenters. The number of aromatic amines is 1. The number of carbonyl (C=O) groups excluding carboxylic acids is 1. The topological polar surface area (TPSA) is 188 Å². The van der Waals surface area contributed by atoms with E-state index in [9.17, 15) is 19.5 Å². The van der Waals surface area contributed by atoms with Gasteiger partial charge in [-0.3, -0.25) is 21.7 Å². The van der Waals surface area contributed by atoms with Gasteiger partial charge in [-0.25, -0.2) is 4.79 Å². The molecule has 0 bridgehead atoms. The first-order valence-corrected chi connectivity index (χ1v) is 4.06. The fourth-order valence-corrected chi connectivity index (χ4v) is 0.769. The summed E-state index contributed by atoms with van der Waals surface area (Å²) in [5.41, 5.74) is 7.44. The summed E-state index contributed by atoms with van der Waals surface area (Å²) >= 11 is 0. The summed E-state index contributed by atoms with van der Waals surface area (Å²) in [7, 11) is 0. The largest absolute Gasteiger partial charge is 0.543 e. The minimum Gasteiger partial charge on any atom is -0.543 e. The van der Waals surface area contributed by atoms with Crippen molar-refractivity contribution in [3.05, 3.63) is 33.7 Å². The molecule has 0 aliphatic rings. The Labute approximate surface area is 94.2 Å². The van der Waals surface area contributed by atoms with Crippen LogP contribution in [0.15, 0.2) is 16.9 Å². The van der Waals surface area contributed by atoms with Crippen LogP contribution in [0.5, 0.6) is 0 Å². The van der Waals surface area contributed by atoms with Gasteiger partial charge in [-0.15, -0.1) is 0 Å². The van der Waals surface area contributed by atoms with E-state index in [-0.39, 0.29) is 5.96 Å². The quantitative estimate of drug-likeness (QED) is 0.255. The lowest BCUT2D eigenvalue weighted by Crippen LogP contribution is -2.51. The standard InChI is InChI=1S/C7H5NO5.CH5N3/c9-3-1-4(6(10)11)8-5(2-3)7(12)13;2-1(3)4/h1-2H,(H,8,9)(H,10,11)(H,12,13);(H5,2,3,4). The van der Waals surface area contributed by atoms with Gasteiger partial charge in [0.25, 0.3) is 0 Å². The van der Waals surface area contributed by atoms with Crippen LogP contribution in [0, 0.1) is 0 Å². The summed E-state index contributed by atoms with van der Waals surface area (Å²) < 4.78 is 0. The minimum atomic E-state index is -1.62. The van der Waals surface area contributed by atoms with Crippen LogP contribution in [0.1, 0.15) is 21.0 Å². The van der Waals surface area contributed by atoms with Crippen LogP contribution in [0.25, 0.3) is 0 Å². The number of guanidine groups is 1. The van der Waals surface area contributed by atoms with Gasteiger partial charge >= 0.3 is 11.9 Å². The lowest BCUT2D eigenvalue weighted by molar-refractivity contribution is -0.255. The summed E-state index contributed by atoms with van der Waals surface area (Å²) in [6.45, 7) is 0. The molecule has 1 heterocycles. The van der Waals surface area contributed by atoms with Crippen LogP contribution < -0.4 is 27.4 Å². The van der Waals surface area contributed by atoms with Crippen molar-refractivity contribution in [2.24, 2.45) is 11.5 Å². The normalized spacial score (nSPS) is 8.71. The molecule has 0 amide bonds. The number of nitrogens with one attached hydrogen (secondary N) is 1. The summed E-state index contributed by atoms with van der Waals surface area (Å²) in [5, 5.41) is 23.3.